The molecule has 0 saturated heterocycles. The van der Waals surface area contributed by atoms with E-state index in [1.807, 2.05) is 0 Å². The van der Waals surface area contributed by atoms with E-state index >= 15 is 0 Å². The highest BCUT2D eigenvalue weighted by molar-refractivity contribution is 7.92. The molecule has 0 unspecified atom stereocenters. The summed E-state index contributed by atoms with van der Waals surface area (Å²) in [4.78, 5) is 37.3. The predicted octanol–water partition coefficient (Wildman–Crippen LogP) is 2.53. The zero-order valence-corrected chi connectivity index (χ0v) is 17.5. The van der Waals surface area contributed by atoms with Crippen LogP contribution in [0.4, 0.5) is 5.82 Å². The van der Waals surface area contributed by atoms with E-state index < -0.39 is 15.7 Å². The highest BCUT2D eigenvalue weighted by atomic mass is 32.2. The van der Waals surface area contributed by atoms with Gasteiger partial charge in [-0.25, -0.2) is 18.4 Å². The number of carbonyl (C=O) groups excluding carboxylic acids is 2. The monoisotopic (exact) mass is 442 g/mol. The molecular weight excluding hydrogens is 420 g/mol. The number of oxime groups is 1. The van der Waals surface area contributed by atoms with Crippen molar-refractivity contribution in [2.75, 3.05) is 5.32 Å². The van der Waals surface area contributed by atoms with Crippen LogP contribution < -0.4 is 5.32 Å². The fraction of sp³-hybridized carbons (Fsp3) is 0.381. The van der Waals surface area contributed by atoms with E-state index in [1.54, 1.807) is 12.1 Å². The summed E-state index contributed by atoms with van der Waals surface area (Å²) in [5, 5.41) is 6.37. The number of sulfone groups is 1. The highest BCUT2D eigenvalue weighted by Crippen LogP contribution is 2.33. The maximum absolute atomic E-state index is 12.9. The molecule has 162 valence electrons. The van der Waals surface area contributed by atoms with Crippen molar-refractivity contribution < 1.29 is 22.8 Å². The van der Waals surface area contributed by atoms with Crippen LogP contribution in [0.3, 0.4) is 0 Å². The Bertz CT molecular complexity index is 1090. The molecule has 0 bridgehead atoms. The lowest BCUT2D eigenvalue weighted by Gasteiger charge is -2.11. The molecule has 2 fully saturated rings. The van der Waals surface area contributed by atoms with Crippen molar-refractivity contribution in [3.63, 3.8) is 0 Å². The predicted molar refractivity (Wildman–Crippen MR) is 113 cm³/mol. The first kappa shape index (κ1) is 21.1. The number of aromatic nitrogens is 2. The number of amides is 1. The van der Waals surface area contributed by atoms with Gasteiger partial charge in [0.05, 0.1) is 22.5 Å². The average molecular weight is 442 g/mol. The van der Waals surface area contributed by atoms with Crippen molar-refractivity contribution in [1.29, 1.82) is 0 Å². The van der Waals surface area contributed by atoms with Gasteiger partial charge in [0.1, 0.15) is 11.8 Å². The van der Waals surface area contributed by atoms with Crippen molar-refractivity contribution in [3.8, 4) is 0 Å². The number of rotatable bonds is 8. The third-order valence-electron chi connectivity index (χ3n) is 5.26. The number of benzene rings is 1. The van der Waals surface area contributed by atoms with Crippen molar-refractivity contribution in [1.82, 2.24) is 9.97 Å². The minimum Gasteiger partial charge on any atom is -0.392 e. The fourth-order valence-corrected chi connectivity index (χ4v) is 5.02. The van der Waals surface area contributed by atoms with Crippen LogP contribution >= 0.6 is 0 Å². The summed E-state index contributed by atoms with van der Waals surface area (Å²) in [6.07, 6.45) is 8.21. The second-order valence-corrected chi connectivity index (χ2v) is 9.85. The van der Waals surface area contributed by atoms with Gasteiger partial charge in [-0.1, -0.05) is 17.3 Å². The van der Waals surface area contributed by atoms with Crippen LogP contribution in [0.2, 0.25) is 0 Å². The van der Waals surface area contributed by atoms with Gasteiger partial charge in [-0.05, 0) is 50.7 Å². The fourth-order valence-electron chi connectivity index (χ4n) is 3.36. The normalized spacial score (nSPS) is 17.4. The molecule has 4 rings (SSSR count). The minimum atomic E-state index is -3.33. The number of nitrogens with zero attached hydrogens (tertiary/aromatic N) is 3. The maximum Gasteiger partial charge on any atom is 0.279 e. The SMILES string of the molecule is O=Cc1cnc(NC(=O)C(=NOC2CCCC2)c2ccc(S(=O)(=O)C3CC3)cc2)cn1. The Hall–Kier alpha value is -3.14. The third-order valence-corrected chi connectivity index (χ3v) is 7.54. The van der Waals surface area contributed by atoms with E-state index in [1.165, 1.54) is 24.5 Å². The Labute approximate surface area is 179 Å². The molecule has 1 aromatic heterocycles. The van der Waals surface area contributed by atoms with Crippen molar-refractivity contribution in [2.45, 2.75) is 54.8 Å². The van der Waals surface area contributed by atoms with Crippen LogP contribution in [0.1, 0.15) is 54.6 Å². The van der Waals surface area contributed by atoms with Gasteiger partial charge < -0.3 is 10.2 Å². The second kappa shape index (κ2) is 8.93. The quantitative estimate of drug-likeness (QED) is 0.378. The Morgan fingerprint density at radius 1 is 1.06 bits per heavy atom. The molecule has 1 aromatic carbocycles. The minimum absolute atomic E-state index is 0.00327. The van der Waals surface area contributed by atoms with Crippen molar-refractivity contribution in [3.05, 3.63) is 47.9 Å². The molecule has 2 aliphatic rings. The summed E-state index contributed by atoms with van der Waals surface area (Å²) in [5.74, 6) is -0.430. The first-order chi connectivity index (χ1) is 15.0. The molecule has 1 N–H and O–H groups in total. The van der Waals surface area contributed by atoms with Gasteiger partial charge in [-0.3, -0.25) is 9.59 Å². The van der Waals surface area contributed by atoms with Gasteiger partial charge in [-0.2, -0.15) is 0 Å². The van der Waals surface area contributed by atoms with Gasteiger partial charge in [0.15, 0.2) is 27.7 Å². The summed E-state index contributed by atoms with van der Waals surface area (Å²) in [6, 6.07) is 6.07. The summed E-state index contributed by atoms with van der Waals surface area (Å²) in [7, 11) is -3.33. The van der Waals surface area contributed by atoms with Gasteiger partial charge in [0, 0.05) is 5.56 Å². The van der Waals surface area contributed by atoms with Crippen LogP contribution in [0.25, 0.3) is 0 Å². The number of hydrogen-bond donors (Lipinski definition) is 1. The molecular formula is C21H22N4O5S. The number of aldehydes is 1. The molecule has 0 spiro atoms. The molecule has 1 amide bonds. The summed E-state index contributed by atoms with van der Waals surface area (Å²) >= 11 is 0. The zero-order valence-electron chi connectivity index (χ0n) is 16.7. The second-order valence-electron chi connectivity index (χ2n) is 7.62. The van der Waals surface area contributed by atoms with E-state index in [9.17, 15) is 18.0 Å². The number of hydrogen-bond acceptors (Lipinski definition) is 8. The summed E-state index contributed by atoms with van der Waals surface area (Å²) in [5.41, 5.74) is 0.565. The number of anilines is 1. The van der Waals surface area contributed by atoms with Crippen molar-refractivity contribution >= 4 is 33.6 Å². The average Bonchev–Trinajstić information content (AvgIpc) is 3.52. The van der Waals surface area contributed by atoms with Crippen LogP contribution in [0.5, 0.6) is 0 Å². The molecule has 10 heteroatoms. The highest BCUT2D eigenvalue weighted by Gasteiger charge is 2.36. The van der Waals surface area contributed by atoms with Gasteiger partial charge in [0.2, 0.25) is 0 Å². The largest absolute Gasteiger partial charge is 0.392 e. The number of carbonyl (C=O) groups is 2. The van der Waals surface area contributed by atoms with E-state index in [4.69, 9.17) is 4.84 Å². The van der Waals surface area contributed by atoms with Crippen molar-refractivity contribution in [2.24, 2.45) is 5.16 Å². The van der Waals surface area contributed by atoms with Crippen LogP contribution in [-0.4, -0.2) is 47.6 Å². The Morgan fingerprint density at radius 3 is 2.35 bits per heavy atom. The van der Waals surface area contributed by atoms with E-state index in [0.29, 0.717) is 24.7 Å². The molecule has 0 atom stereocenters. The maximum atomic E-state index is 12.9. The van der Waals surface area contributed by atoms with Crippen LogP contribution in [0, 0.1) is 0 Å². The zero-order chi connectivity index (χ0) is 21.8. The molecule has 2 aliphatic carbocycles. The molecule has 2 aromatic rings. The third kappa shape index (κ3) is 4.96. The summed E-state index contributed by atoms with van der Waals surface area (Å²) < 4.78 is 24.9. The van der Waals surface area contributed by atoms with Crippen LogP contribution in [0.15, 0.2) is 46.7 Å². The number of nitrogens with one attached hydrogen (secondary N) is 1. The van der Waals surface area contributed by atoms with E-state index in [2.05, 4.69) is 20.4 Å². The summed E-state index contributed by atoms with van der Waals surface area (Å²) in [6.45, 7) is 0. The molecule has 31 heavy (non-hydrogen) atoms. The van der Waals surface area contributed by atoms with Crippen LogP contribution in [-0.2, 0) is 19.5 Å². The molecule has 0 radical (unpaired) electrons. The lowest BCUT2D eigenvalue weighted by Crippen LogP contribution is -2.25. The molecule has 9 nitrogen and oxygen atoms in total. The van der Waals surface area contributed by atoms with Gasteiger partial charge >= 0.3 is 0 Å². The van der Waals surface area contributed by atoms with Gasteiger partial charge in [-0.15, -0.1) is 0 Å². The standard InChI is InChI=1S/C21H22N4O5S/c26-13-15-11-23-19(12-22-15)24-21(27)20(25-30-16-3-1-2-4-16)14-5-7-17(8-6-14)31(28,29)18-9-10-18/h5-8,11-13,16,18H,1-4,9-10H2,(H,23,24,27). The Morgan fingerprint density at radius 2 is 1.77 bits per heavy atom. The first-order valence-corrected chi connectivity index (χ1v) is 11.7. The molecule has 0 aliphatic heterocycles. The lowest BCUT2D eigenvalue weighted by atomic mass is 10.1. The van der Waals surface area contributed by atoms with Gasteiger partial charge in [0.25, 0.3) is 5.91 Å². The topological polar surface area (TPSA) is 128 Å². The first-order valence-electron chi connectivity index (χ1n) is 10.1. The lowest BCUT2D eigenvalue weighted by molar-refractivity contribution is -0.110. The molecule has 2 saturated carbocycles. The van der Waals surface area contributed by atoms with E-state index in [-0.39, 0.29) is 33.5 Å². The smallest absolute Gasteiger partial charge is 0.279 e. The molecule has 1 heterocycles. The Balaban J connectivity index is 1.57. The van der Waals surface area contributed by atoms with E-state index in [0.717, 1.165) is 25.7 Å². The Kier molecular flexibility index (Phi) is 6.08.